The van der Waals surface area contributed by atoms with Crippen LogP contribution in [0.5, 0.6) is 0 Å². The number of amides is 2. The molecule has 152 valence electrons. The molecule has 4 rings (SSSR count). The number of carbonyl (C=O) groups excluding carboxylic acids is 3. The van der Waals surface area contributed by atoms with E-state index in [0.717, 1.165) is 16.2 Å². The summed E-state index contributed by atoms with van der Waals surface area (Å²) in [5, 5.41) is 0.0983. The van der Waals surface area contributed by atoms with E-state index in [-0.39, 0.29) is 23.3 Å². The first-order valence-corrected chi connectivity index (χ1v) is 11.1. The maximum absolute atomic E-state index is 13.4. The zero-order valence-electron chi connectivity index (χ0n) is 16.2. The number of H-pyrrole nitrogens is 1. The van der Waals surface area contributed by atoms with Gasteiger partial charge in [0.1, 0.15) is 5.25 Å². The number of benzene rings is 1. The van der Waals surface area contributed by atoms with E-state index in [0.29, 0.717) is 22.7 Å². The summed E-state index contributed by atoms with van der Waals surface area (Å²) < 4.78 is 4.97. The van der Waals surface area contributed by atoms with Crippen molar-refractivity contribution in [1.82, 2.24) is 4.98 Å². The lowest BCUT2D eigenvalue weighted by Crippen LogP contribution is -2.43. The Morgan fingerprint density at radius 1 is 1.17 bits per heavy atom. The molecule has 0 aliphatic carbocycles. The van der Waals surface area contributed by atoms with Crippen LogP contribution in [-0.2, 0) is 19.7 Å². The van der Waals surface area contributed by atoms with Crippen LogP contribution in [0.15, 0.2) is 34.1 Å². The van der Waals surface area contributed by atoms with Gasteiger partial charge in [-0.05, 0) is 37.6 Å². The number of rotatable bonds is 4. The van der Waals surface area contributed by atoms with E-state index in [4.69, 9.17) is 4.74 Å². The fraction of sp³-hybridized carbons (Fsp3) is 0.400. The van der Waals surface area contributed by atoms with E-state index in [1.54, 1.807) is 31.2 Å². The zero-order valence-corrected chi connectivity index (χ0v) is 17.8. The van der Waals surface area contributed by atoms with Crippen molar-refractivity contribution in [3.63, 3.8) is 0 Å². The second kappa shape index (κ2) is 7.14. The lowest BCUT2D eigenvalue weighted by Gasteiger charge is -2.38. The fourth-order valence-electron chi connectivity index (χ4n) is 4.01. The summed E-state index contributed by atoms with van der Waals surface area (Å²) >= 11 is 2.38. The third-order valence-corrected chi connectivity index (χ3v) is 8.25. The first kappa shape index (κ1) is 19.9. The monoisotopic (exact) mass is 432 g/mol. The van der Waals surface area contributed by atoms with Crippen LogP contribution < -0.4 is 9.77 Å². The van der Waals surface area contributed by atoms with Gasteiger partial charge >= 0.3 is 10.8 Å². The quantitative estimate of drug-likeness (QED) is 0.589. The van der Waals surface area contributed by atoms with Gasteiger partial charge in [0.25, 0.3) is 0 Å². The van der Waals surface area contributed by atoms with Crippen LogP contribution in [0.4, 0.5) is 5.69 Å². The molecule has 1 aromatic heterocycles. The van der Waals surface area contributed by atoms with E-state index in [2.05, 4.69) is 4.98 Å². The number of fused-ring (bicyclic) bond motifs is 2. The van der Waals surface area contributed by atoms with Crippen LogP contribution >= 0.6 is 23.1 Å². The molecule has 3 atom stereocenters. The van der Waals surface area contributed by atoms with Crippen molar-refractivity contribution in [3.8, 4) is 0 Å². The van der Waals surface area contributed by atoms with Crippen molar-refractivity contribution in [3.05, 3.63) is 44.4 Å². The third kappa shape index (κ3) is 2.95. The molecule has 2 amide bonds. The molecule has 0 spiro atoms. The predicted octanol–water partition coefficient (Wildman–Crippen LogP) is 2.94. The molecule has 1 aromatic carbocycles. The van der Waals surface area contributed by atoms with Crippen LogP contribution in [0.3, 0.4) is 0 Å². The van der Waals surface area contributed by atoms with Gasteiger partial charge in [0.2, 0.25) is 11.8 Å². The number of carbonyl (C=O) groups is 3. The van der Waals surface area contributed by atoms with Gasteiger partial charge in [-0.15, -0.1) is 0 Å². The van der Waals surface area contributed by atoms with Crippen molar-refractivity contribution >= 4 is 46.6 Å². The highest BCUT2D eigenvalue weighted by Crippen LogP contribution is 2.55. The number of esters is 1. The number of anilines is 1. The molecular weight excluding hydrogens is 412 g/mol. The normalized spacial score (nSPS) is 25.7. The Hall–Kier alpha value is -2.39. The largest absolute Gasteiger partial charge is 0.462 e. The highest BCUT2D eigenvalue weighted by molar-refractivity contribution is 8.00. The number of nitrogens with one attached hydrogen (secondary N) is 1. The van der Waals surface area contributed by atoms with Crippen LogP contribution in [0.2, 0.25) is 0 Å². The number of aromatic nitrogens is 1. The lowest BCUT2D eigenvalue weighted by atomic mass is 9.72. The second-order valence-electron chi connectivity index (χ2n) is 7.24. The van der Waals surface area contributed by atoms with Crippen LogP contribution in [0, 0.1) is 5.92 Å². The summed E-state index contributed by atoms with van der Waals surface area (Å²) in [6, 6.07) is 6.28. The highest BCUT2D eigenvalue weighted by atomic mass is 32.2. The molecule has 1 saturated heterocycles. The molecule has 0 bridgehead atoms. The highest BCUT2D eigenvalue weighted by Gasteiger charge is 2.60. The Bertz CT molecular complexity index is 1060. The Morgan fingerprint density at radius 3 is 2.48 bits per heavy atom. The first-order chi connectivity index (χ1) is 13.8. The van der Waals surface area contributed by atoms with Gasteiger partial charge in [0, 0.05) is 10.3 Å². The topological polar surface area (TPSA) is 96.5 Å². The van der Waals surface area contributed by atoms with E-state index in [1.165, 1.54) is 16.7 Å². The van der Waals surface area contributed by atoms with Gasteiger partial charge < -0.3 is 9.72 Å². The molecule has 1 fully saturated rings. The molecule has 1 N–H and O–H groups in total. The summed E-state index contributed by atoms with van der Waals surface area (Å²) in [6.45, 7) is 5.91. The van der Waals surface area contributed by atoms with Gasteiger partial charge in [0.15, 0.2) is 0 Å². The molecule has 29 heavy (non-hydrogen) atoms. The number of hydrogen-bond acceptors (Lipinski definition) is 7. The SMILES string of the molecule is CCOC(=O)c1ccc(N2C(=O)C3Sc4[nH]c(=O)sc4C(C)(CC)C3C2=O)cc1. The maximum atomic E-state index is 13.4. The van der Waals surface area contributed by atoms with Gasteiger partial charge in [-0.1, -0.05) is 36.9 Å². The summed E-state index contributed by atoms with van der Waals surface area (Å²) in [5.41, 5.74) is 0.194. The molecule has 3 unspecified atom stereocenters. The number of thiazole rings is 1. The molecular formula is C20H20N2O5S2. The summed E-state index contributed by atoms with van der Waals surface area (Å²) in [5.74, 6) is -1.57. The minimum absolute atomic E-state index is 0.173. The van der Waals surface area contributed by atoms with Crippen LogP contribution in [0.1, 0.15) is 42.4 Å². The van der Waals surface area contributed by atoms with Gasteiger partial charge in [-0.2, -0.15) is 0 Å². The number of imide groups is 1. The Morgan fingerprint density at radius 2 is 1.86 bits per heavy atom. The Balaban J connectivity index is 1.71. The van der Waals surface area contributed by atoms with Gasteiger partial charge in [-0.25, -0.2) is 9.69 Å². The van der Waals surface area contributed by atoms with Crippen molar-refractivity contribution in [2.75, 3.05) is 11.5 Å². The Labute approximate surface area is 175 Å². The van der Waals surface area contributed by atoms with Crippen molar-refractivity contribution in [1.29, 1.82) is 0 Å². The fourth-order valence-corrected chi connectivity index (χ4v) is 6.83. The van der Waals surface area contributed by atoms with Crippen molar-refractivity contribution in [2.45, 2.75) is 42.9 Å². The second-order valence-corrected chi connectivity index (χ2v) is 9.37. The van der Waals surface area contributed by atoms with Gasteiger partial charge in [-0.3, -0.25) is 14.4 Å². The van der Waals surface area contributed by atoms with Gasteiger partial charge in [0.05, 0.1) is 28.8 Å². The zero-order chi connectivity index (χ0) is 20.9. The van der Waals surface area contributed by atoms with E-state index >= 15 is 0 Å². The van der Waals surface area contributed by atoms with Crippen molar-refractivity contribution < 1.29 is 19.1 Å². The summed E-state index contributed by atoms with van der Waals surface area (Å²) in [4.78, 5) is 55.0. The average molecular weight is 433 g/mol. The van der Waals surface area contributed by atoms with E-state index in [9.17, 15) is 19.2 Å². The van der Waals surface area contributed by atoms with E-state index < -0.39 is 22.6 Å². The smallest absolute Gasteiger partial charge is 0.338 e. The number of aromatic amines is 1. The number of ether oxygens (including phenoxy) is 1. The minimum atomic E-state index is -0.596. The molecule has 7 nitrogen and oxygen atoms in total. The lowest BCUT2D eigenvalue weighted by molar-refractivity contribution is -0.123. The van der Waals surface area contributed by atoms with Crippen LogP contribution in [0.25, 0.3) is 0 Å². The van der Waals surface area contributed by atoms with Crippen molar-refractivity contribution in [2.24, 2.45) is 5.92 Å². The minimum Gasteiger partial charge on any atom is -0.462 e. The molecule has 9 heteroatoms. The molecule has 0 radical (unpaired) electrons. The maximum Gasteiger partial charge on any atom is 0.338 e. The van der Waals surface area contributed by atoms with Crippen LogP contribution in [-0.4, -0.2) is 34.6 Å². The summed E-state index contributed by atoms with van der Waals surface area (Å²) in [7, 11) is 0. The number of thioether (sulfide) groups is 1. The standard InChI is InChI=1S/C20H20N2O5S2/c1-4-20(3)12-13(28-15-14(20)29-19(26)21-15)17(24)22(16(12)23)11-8-6-10(7-9-11)18(25)27-5-2/h6-9,12-13H,4-5H2,1-3H3,(H,21,26). The summed E-state index contributed by atoms with van der Waals surface area (Å²) in [6.07, 6.45) is 0.629. The molecule has 2 aromatic rings. The third-order valence-electron chi connectivity index (χ3n) is 5.69. The average Bonchev–Trinajstić information content (AvgIpc) is 3.20. The number of hydrogen-bond donors (Lipinski definition) is 1. The first-order valence-electron chi connectivity index (χ1n) is 9.37. The number of nitrogens with zero attached hydrogens (tertiary/aromatic N) is 1. The molecule has 0 saturated carbocycles. The predicted molar refractivity (Wildman–Crippen MR) is 111 cm³/mol. The molecule has 3 heterocycles. The molecule has 2 aliphatic heterocycles. The molecule has 2 aliphatic rings. The Kier molecular flexibility index (Phi) is 4.90. The van der Waals surface area contributed by atoms with E-state index in [1.807, 2.05) is 13.8 Å².